The molecule has 0 saturated carbocycles. The zero-order chi connectivity index (χ0) is 17.5. The first-order valence-corrected chi connectivity index (χ1v) is 7.05. The Bertz CT molecular complexity index is 772. The number of phenolic OH excluding ortho intramolecular Hbond substituents is 1. The van der Waals surface area contributed by atoms with Gasteiger partial charge < -0.3 is 9.84 Å². The molecule has 1 amide bonds. The smallest absolute Gasteiger partial charge is 0.271 e. The summed E-state index contributed by atoms with van der Waals surface area (Å²) in [6.45, 7) is 2.20. The van der Waals surface area contributed by atoms with Gasteiger partial charge in [-0.25, -0.2) is 5.43 Å². The Balaban J connectivity index is 2.01. The molecule has 2 N–H and O–H groups in total. The number of nitrogens with one attached hydrogen (secondary N) is 1. The average molecular weight is 329 g/mol. The fraction of sp³-hybridized carbons (Fsp3) is 0.125. The van der Waals surface area contributed by atoms with Gasteiger partial charge in [0.1, 0.15) is 0 Å². The number of hydrogen-bond donors (Lipinski definition) is 2. The molecule has 2 rings (SSSR count). The summed E-state index contributed by atoms with van der Waals surface area (Å²) < 4.78 is 5.25. The molecule has 24 heavy (non-hydrogen) atoms. The van der Waals surface area contributed by atoms with Crippen LogP contribution in [-0.2, 0) is 0 Å². The zero-order valence-corrected chi connectivity index (χ0v) is 12.8. The molecule has 0 bridgehead atoms. The number of hydrazone groups is 1. The van der Waals surface area contributed by atoms with E-state index in [2.05, 4.69) is 10.5 Å². The van der Waals surface area contributed by atoms with Crippen LogP contribution >= 0.6 is 0 Å². The van der Waals surface area contributed by atoms with Crippen LogP contribution in [-0.4, -0.2) is 28.8 Å². The van der Waals surface area contributed by atoms with E-state index in [-0.39, 0.29) is 17.0 Å². The lowest BCUT2D eigenvalue weighted by Gasteiger charge is -2.06. The predicted molar refractivity (Wildman–Crippen MR) is 87.4 cm³/mol. The lowest BCUT2D eigenvalue weighted by molar-refractivity contribution is -0.384. The van der Waals surface area contributed by atoms with Gasteiger partial charge in [0, 0.05) is 17.7 Å². The number of non-ortho nitro benzene ring substituents is 1. The minimum atomic E-state index is -0.541. The van der Waals surface area contributed by atoms with Crippen molar-refractivity contribution in [2.24, 2.45) is 5.10 Å². The SMILES string of the molecule is CCOc1cc(/C=N\NC(=O)c2ccc([N+](=O)[O-])cc2)ccc1O. The van der Waals surface area contributed by atoms with Gasteiger partial charge in [0.05, 0.1) is 17.7 Å². The molecule has 8 nitrogen and oxygen atoms in total. The van der Waals surface area contributed by atoms with Gasteiger partial charge in [0.25, 0.3) is 11.6 Å². The highest BCUT2D eigenvalue weighted by Crippen LogP contribution is 2.26. The molecule has 0 heterocycles. The Kier molecular flexibility index (Phi) is 5.45. The maximum Gasteiger partial charge on any atom is 0.271 e. The van der Waals surface area contributed by atoms with E-state index in [4.69, 9.17) is 4.74 Å². The molecular weight excluding hydrogens is 314 g/mol. The molecule has 0 aliphatic carbocycles. The van der Waals surface area contributed by atoms with E-state index in [0.29, 0.717) is 17.9 Å². The highest BCUT2D eigenvalue weighted by molar-refractivity contribution is 5.95. The quantitative estimate of drug-likeness (QED) is 0.480. The summed E-state index contributed by atoms with van der Waals surface area (Å²) in [6.07, 6.45) is 1.39. The second-order valence-electron chi connectivity index (χ2n) is 4.66. The van der Waals surface area contributed by atoms with Gasteiger partial charge in [-0.05, 0) is 42.8 Å². The van der Waals surface area contributed by atoms with Crippen LogP contribution in [0.5, 0.6) is 11.5 Å². The molecule has 0 atom stereocenters. The fourth-order valence-electron chi connectivity index (χ4n) is 1.85. The summed E-state index contributed by atoms with van der Waals surface area (Å²) in [5.41, 5.74) is 3.10. The van der Waals surface area contributed by atoms with Crippen molar-refractivity contribution in [1.82, 2.24) is 5.43 Å². The van der Waals surface area contributed by atoms with Gasteiger partial charge >= 0.3 is 0 Å². The topological polar surface area (TPSA) is 114 Å². The zero-order valence-electron chi connectivity index (χ0n) is 12.8. The van der Waals surface area contributed by atoms with E-state index in [0.717, 1.165) is 0 Å². The number of amides is 1. The highest BCUT2D eigenvalue weighted by atomic mass is 16.6. The van der Waals surface area contributed by atoms with Crippen LogP contribution in [0.15, 0.2) is 47.6 Å². The highest BCUT2D eigenvalue weighted by Gasteiger charge is 2.08. The van der Waals surface area contributed by atoms with Crippen molar-refractivity contribution < 1.29 is 19.6 Å². The number of aromatic hydroxyl groups is 1. The van der Waals surface area contributed by atoms with Crippen LogP contribution in [0.1, 0.15) is 22.8 Å². The van der Waals surface area contributed by atoms with E-state index in [1.54, 1.807) is 19.1 Å². The molecule has 0 unspecified atom stereocenters. The number of carbonyl (C=O) groups is 1. The van der Waals surface area contributed by atoms with Crippen LogP contribution in [0.2, 0.25) is 0 Å². The molecule has 0 saturated heterocycles. The number of hydrogen-bond acceptors (Lipinski definition) is 6. The number of nitro benzene ring substituents is 1. The van der Waals surface area contributed by atoms with Gasteiger partial charge in [-0.1, -0.05) is 0 Å². The summed E-state index contributed by atoms with van der Waals surface area (Å²) >= 11 is 0. The summed E-state index contributed by atoms with van der Waals surface area (Å²) in [5.74, 6) is -0.156. The van der Waals surface area contributed by atoms with Crippen molar-refractivity contribution in [3.8, 4) is 11.5 Å². The van der Waals surface area contributed by atoms with Crippen molar-refractivity contribution in [3.05, 3.63) is 63.7 Å². The Morgan fingerprint density at radius 1 is 1.33 bits per heavy atom. The van der Waals surface area contributed by atoms with Gasteiger partial charge in [-0.2, -0.15) is 5.10 Å². The maximum absolute atomic E-state index is 11.9. The molecule has 0 spiro atoms. The Morgan fingerprint density at radius 3 is 2.67 bits per heavy atom. The van der Waals surface area contributed by atoms with Crippen molar-refractivity contribution in [3.63, 3.8) is 0 Å². The Labute approximate surface area is 137 Å². The third-order valence-electron chi connectivity index (χ3n) is 3.00. The predicted octanol–water partition coefficient (Wildman–Crippen LogP) is 2.46. The van der Waals surface area contributed by atoms with E-state index in [9.17, 15) is 20.0 Å². The molecule has 0 aliphatic rings. The molecule has 8 heteroatoms. The van der Waals surface area contributed by atoms with E-state index in [1.807, 2.05) is 0 Å². The minimum absolute atomic E-state index is 0.0175. The number of phenols is 1. The monoisotopic (exact) mass is 329 g/mol. The summed E-state index contributed by atoms with van der Waals surface area (Å²) in [6, 6.07) is 9.83. The molecule has 2 aromatic carbocycles. The van der Waals surface area contributed by atoms with Crippen LogP contribution in [0.3, 0.4) is 0 Å². The lowest BCUT2D eigenvalue weighted by atomic mass is 10.2. The second kappa shape index (κ2) is 7.73. The van der Waals surface area contributed by atoms with E-state index < -0.39 is 10.8 Å². The van der Waals surface area contributed by atoms with Crippen molar-refractivity contribution in [2.75, 3.05) is 6.61 Å². The van der Waals surface area contributed by atoms with E-state index in [1.165, 1.54) is 36.5 Å². The fourth-order valence-corrected chi connectivity index (χ4v) is 1.85. The maximum atomic E-state index is 11.9. The minimum Gasteiger partial charge on any atom is -0.504 e. The summed E-state index contributed by atoms with van der Waals surface area (Å²) in [5, 5.41) is 24.0. The van der Waals surface area contributed by atoms with Crippen LogP contribution in [0.25, 0.3) is 0 Å². The average Bonchev–Trinajstić information content (AvgIpc) is 2.58. The number of nitrogens with zero attached hydrogens (tertiary/aromatic N) is 2. The number of carbonyl (C=O) groups excluding carboxylic acids is 1. The molecule has 0 fully saturated rings. The largest absolute Gasteiger partial charge is 0.504 e. The first-order valence-electron chi connectivity index (χ1n) is 7.05. The Morgan fingerprint density at radius 2 is 2.04 bits per heavy atom. The molecule has 2 aromatic rings. The van der Waals surface area contributed by atoms with Crippen molar-refractivity contribution in [1.29, 1.82) is 0 Å². The van der Waals surface area contributed by atoms with Gasteiger partial charge in [0.15, 0.2) is 11.5 Å². The second-order valence-corrected chi connectivity index (χ2v) is 4.66. The molecule has 0 aromatic heterocycles. The van der Waals surface area contributed by atoms with Crippen LogP contribution in [0.4, 0.5) is 5.69 Å². The third kappa shape index (κ3) is 4.29. The number of benzene rings is 2. The summed E-state index contributed by atoms with van der Waals surface area (Å²) in [7, 11) is 0. The standard InChI is InChI=1S/C16H15N3O5/c1-2-24-15-9-11(3-8-14(15)20)10-17-18-16(21)12-4-6-13(7-5-12)19(22)23/h3-10,20H,2H2,1H3,(H,18,21)/b17-10-. The Hall–Kier alpha value is -3.42. The normalized spacial score (nSPS) is 10.5. The van der Waals surface area contributed by atoms with Crippen molar-refractivity contribution >= 4 is 17.8 Å². The first kappa shape index (κ1) is 16.9. The van der Waals surface area contributed by atoms with Crippen LogP contribution < -0.4 is 10.2 Å². The lowest BCUT2D eigenvalue weighted by Crippen LogP contribution is -2.17. The van der Waals surface area contributed by atoms with Gasteiger partial charge in [0.2, 0.25) is 0 Å². The molecular formula is C16H15N3O5. The number of rotatable bonds is 6. The molecule has 0 aliphatic heterocycles. The van der Waals surface area contributed by atoms with Crippen LogP contribution in [0, 0.1) is 10.1 Å². The molecule has 0 radical (unpaired) electrons. The van der Waals surface area contributed by atoms with Crippen molar-refractivity contribution in [2.45, 2.75) is 6.92 Å². The van der Waals surface area contributed by atoms with Gasteiger partial charge in [-0.3, -0.25) is 14.9 Å². The van der Waals surface area contributed by atoms with E-state index >= 15 is 0 Å². The number of ether oxygens (including phenoxy) is 1. The molecule has 124 valence electrons. The third-order valence-corrected chi connectivity index (χ3v) is 3.00. The summed E-state index contributed by atoms with van der Waals surface area (Å²) in [4.78, 5) is 21.9. The van der Waals surface area contributed by atoms with Gasteiger partial charge in [-0.15, -0.1) is 0 Å². The number of nitro groups is 1. The first-order chi connectivity index (χ1) is 11.5.